The van der Waals surface area contributed by atoms with E-state index in [1.54, 1.807) is 0 Å². The lowest BCUT2D eigenvalue weighted by Gasteiger charge is -1.85. The van der Waals surface area contributed by atoms with Gasteiger partial charge in [0.25, 0.3) is 0 Å². The summed E-state index contributed by atoms with van der Waals surface area (Å²) in [6.07, 6.45) is 7.35. The van der Waals surface area contributed by atoms with E-state index in [1.807, 2.05) is 13.0 Å². The Hall–Kier alpha value is -0.720. The zero-order valence-electron chi connectivity index (χ0n) is 6.09. The van der Waals surface area contributed by atoms with Gasteiger partial charge in [-0.15, -0.1) is 0 Å². The van der Waals surface area contributed by atoms with Crippen LogP contribution in [0.4, 0.5) is 0 Å². The average Bonchev–Trinajstić information content (AvgIpc) is 1.89. The maximum atomic E-state index is 8.42. The van der Waals surface area contributed by atoms with Crippen molar-refractivity contribution in [2.24, 2.45) is 0 Å². The first-order valence-electron chi connectivity index (χ1n) is 3.28. The van der Waals surface area contributed by atoms with Crippen molar-refractivity contribution in [3.8, 4) is 0 Å². The molecule has 0 saturated carbocycles. The highest BCUT2D eigenvalue weighted by molar-refractivity contribution is 5.12. The van der Waals surface area contributed by atoms with Crippen LogP contribution in [0.1, 0.15) is 26.7 Å². The molecular formula is C8H14O. The largest absolute Gasteiger partial charge is 0.515 e. The zero-order valence-corrected chi connectivity index (χ0v) is 6.09. The smallest absolute Gasteiger partial charge is 0.0820 e. The Bertz CT molecular complexity index is 112. The minimum Gasteiger partial charge on any atom is -0.515 e. The van der Waals surface area contributed by atoms with Gasteiger partial charge in [0, 0.05) is 0 Å². The van der Waals surface area contributed by atoms with Crippen LogP contribution < -0.4 is 0 Å². The van der Waals surface area contributed by atoms with Crippen LogP contribution in [0.25, 0.3) is 0 Å². The standard InChI is InChI=1S/C8H14O/c1-3-4-5-6-8(2)7-9/h5-7,9H,3-4H2,1-2H3. The summed E-state index contributed by atoms with van der Waals surface area (Å²) in [6.45, 7) is 3.99. The van der Waals surface area contributed by atoms with E-state index in [0.717, 1.165) is 24.7 Å². The molecule has 0 unspecified atom stereocenters. The SMILES string of the molecule is CCCC=CC(C)=CO. The van der Waals surface area contributed by atoms with E-state index in [0.29, 0.717) is 0 Å². The molecule has 0 aliphatic heterocycles. The fraction of sp³-hybridized carbons (Fsp3) is 0.500. The van der Waals surface area contributed by atoms with Crippen LogP contribution in [-0.4, -0.2) is 5.11 Å². The molecule has 1 heteroatoms. The molecule has 0 aliphatic carbocycles. The summed E-state index contributed by atoms with van der Waals surface area (Å²) >= 11 is 0. The first-order valence-corrected chi connectivity index (χ1v) is 3.28. The first kappa shape index (κ1) is 8.28. The summed E-state index contributed by atoms with van der Waals surface area (Å²) in [7, 11) is 0. The van der Waals surface area contributed by atoms with Gasteiger partial charge in [0.15, 0.2) is 0 Å². The molecule has 0 fully saturated rings. The lowest BCUT2D eigenvalue weighted by Crippen LogP contribution is -1.67. The molecule has 0 aromatic carbocycles. The second kappa shape index (κ2) is 5.42. The molecule has 0 heterocycles. The van der Waals surface area contributed by atoms with Gasteiger partial charge < -0.3 is 5.11 Å². The van der Waals surface area contributed by atoms with Crippen LogP contribution in [0.3, 0.4) is 0 Å². The molecule has 1 nitrogen and oxygen atoms in total. The molecule has 0 bridgehead atoms. The van der Waals surface area contributed by atoms with Crippen LogP contribution in [-0.2, 0) is 0 Å². The highest BCUT2D eigenvalue weighted by atomic mass is 16.2. The average molecular weight is 126 g/mol. The summed E-state index contributed by atoms with van der Waals surface area (Å²) in [5.41, 5.74) is 0.906. The lowest BCUT2D eigenvalue weighted by atomic mass is 10.2. The predicted molar refractivity (Wildman–Crippen MR) is 40.4 cm³/mol. The van der Waals surface area contributed by atoms with Crippen molar-refractivity contribution in [2.75, 3.05) is 0 Å². The maximum absolute atomic E-state index is 8.42. The van der Waals surface area contributed by atoms with Gasteiger partial charge in [0.1, 0.15) is 0 Å². The second-order valence-corrected chi connectivity index (χ2v) is 2.06. The van der Waals surface area contributed by atoms with Gasteiger partial charge >= 0.3 is 0 Å². The van der Waals surface area contributed by atoms with Crippen molar-refractivity contribution in [3.05, 3.63) is 24.0 Å². The van der Waals surface area contributed by atoms with Crippen molar-refractivity contribution in [1.29, 1.82) is 0 Å². The highest BCUT2D eigenvalue weighted by Gasteiger charge is 1.76. The van der Waals surface area contributed by atoms with E-state index >= 15 is 0 Å². The number of hydrogen-bond donors (Lipinski definition) is 1. The van der Waals surface area contributed by atoms with Gasteiger partial charge in [0.2, 0.25) is 0 Å². The number of unbranched alkanes of at least 4 members (excludes halogenated alkanes) is 1. The Morgan fingerprint density at radius 3 is 2.67 bits per heavy atom. The number of aliphatic hydroxyl groups is 1. The molecule has 0 spiro atoms. The van der Waals surface area contributed by atoms with Crippen molar-refractivity contribution >= 4 is 0 Å². The van der Waals surface area contributed by atoms with Gasteiger partial charge in [0.05, 0.1) is 6.26 Å². The normalized spacial score (nSPS) is 12.9. The molecule has 1 N–H and O–H groups in total. The van der Waals surface area contributed by atoms with Crippen LogP contribution in [0, 0.1) is 0 Å². The summed E-state index contributed by atoms with van der Waals surface area (Å²) in [5.74, 6) is 0. The van der Waals surface area contributed by atoms with Crippen LogP contribution >= 0.6 is 0 Å². The van der Waals surface area contributed by atoms with Gasteiger partial charge in [-0.25, -0.2) is 0 Å². The third-order valence-corrected chi connectivity index (χ3v) is 1.04. The third-order valence-electron chi connectivity index (χ3n) is 1.04. The minimum absolute atomic E-state index is 0.906. The number of hydrogen-bond acceptors (Lipinski definition) is 1. The first-order chi connectivity index (χ1) is 4.31. The summed E-state index contributed by atoms with van der Waals surface area (Å²) < 4.78 is 0. The molecule has 0 saturated heterocycles. The van der Waals surface area contributed by atoms with Gasteiger partial charge in [-0.1, -0.05) is 25.5 Å². The highest BCUT2D eigenvalue weighted by Crippen LogP contribution is 1.95. The number of rotatable bonds is 3. The number of allylic oxidation sites excluding steroid dienone is 3. The minimum atomic E-state index is 0.906. The third kappa shape index (κ3) is 5.15. The van der Waals surface area contributed by atoms with Crippen LogP contribution in [0.5, 0.6) is 0 Å². The molecule has 52 valence electrons. The summed E-state index contributed by atoms with van der Waals surface area (Å²) in [5, 5.41) is 8.42. The molecule has 0 aliphatic rings. The second-order valence-electron chi connectivity index (χ2n) is 2.06. The summed E-state index contributed by atoms with van der Waals surface area (Å²) in [4.78, 5) is 0. The van der Waals surface area contributed by atoms with E-state index < -0.39 is 0 Å². The Morgan fingerprint density at radius 2 is 2.22 bits per heavy atom. The molecule has 0 atom stereocenters. The fourth-order valence-corrected chi connectivity index (χ4v) is 0.479. The van der Waals surface area contributed by atoms with Crippen molar-refractivity contribution < 1.29 is 5.11 Å². The van der Waals surface area contributed by atoms with E-state index in [2.05, 4.69) is 13.0 Å². The predicted octanol–water partition coefficient (Wildman–Crippen LogP) is 2.80. The zero-order chi connectivity index (χ0) is 7.11. The maximum Gasteiger partial charge on any atom is 0.0820 e. The van der Waals surface area contributed by atoms with E-state index in [9.17, 15) is 0 Å². The Balaban J connectivity index is 3.45. The van der Waals surface area contributed by atoms with Gasteiger partial charge in [-0.2, -0.15) is 0 Å². The van der Waals surface area contributed by atoms with E-state index in [1.165, 1.54) is 0 Å². The molecule has 0 amide bonds. The van der Waals surface area contributed by atoms with Gasteiger partial charge in [-0.3, -0.25) is 0 Å². The quantitative estimate of drug-likeness (QED) is 0.455. The molecule has 0 aromatic rings. The van der Waals surface area contributed by atoms with E-state index in [-0.39, 0.29) is 0 Å². The Kier molecular flexibility index (Phi) is 4.98. The Labute approximate surface area is 56.7 Å². The molecular weight excluding hydrogens is 112 g/mol. The van der Waals surface area contributed by atoms with Crippen LogP contribution in [0.15, 0.2) is 24.0 Å². The molecule has 0 radical (unpaired) electrons. The molecule has 0 aromatic heterocycles. The summed E-state index contributed by atoms with van der Waals surface area (Å²) in [6, 6.07) is 0. The number of aliphatic hydroxyl groups excluding tert-OH is 1. The molecule has 9 heavy (non-hydrogen) atoms. The van der Waals surface area contributed by atoms with Crippen molar-refractivity contribution in [3.63, 3.8) is 0 Å². The Morgan fingerprint density at radius 1 is 1.56 bits per heavy atom. The topological polar surface area (TPSA) is 20.2 Å². The fourth-order valence-electron chi connectivity index (χ4n) is 0.479. The van der Waals surface area contributed by atoms with Crippen LogP contribution in [0.2, 0.25) is 0 Å². The molecule has 0 rings (SSSR count). The lowest BCUT2D eigenvalue weighted by molar-refractivity contribution is 0.469. The van der Waals surface area contributed by atoms with Crippen molar-refractivity contribution in [1.82, 2.24) is 0 Å². The van der Waals surface area contributed by atoms with Crippen molar-refractivity contribution in [2.45, 2.75) is 26.7 Å². The monoisotopic (exact) mass is 126 g/mol. The van der Waals surface area contributed by atoms with Gasteiger partial charge in [-0.05, 0) is 18.9 Å². The van der Waals surface area contributed by atoms with E-state index in [4.69, 9.17) is 5.11 Å².